The van der Waals surface area contributed by atoms with Gasteiger partial charge < -0.3 is 9.88 Å². The molecular formula is C14H13N3O4. The number of nitro groups is 1. The van der Waals surface area contributed by atoms with Crippen LogP contribution in [-0.2, 0) is 4.79 Å². The predicted molar refractivity (Wildman–Crippen MR) is 75.3 cm³/mol. The number of non-ortho nitro benzene ring substituents is 1. The molecule has 0 bridgehead atoms. The number of fused-ring (bicyclic) bond motifs is 3. The number of nitrogens with one attached hydrogen (secondary N) is 1. The highest BCUT2D eigenvalue weighted by atomic mass is 16.6. The van der Waals surface area contributed by atoms with Gasteiger partial charge in [0.1, 0.15) is 11.5 Å². The lowest BCUT2D eigenvalue weighted by atomic mass is 10.1. The van der Waals surface area contributed by atoms with Crippen molar-refractivity contribution in [3.8, 4) is 0 Å². The molecule has 1 aliphatic rings. The van der Waals surface area contributed by atoms with Crippen LogP contribution in [0.1, 0.15) is 29.9 Å². The molecule has 1 aromatic carbocycles. The number of carbonyl (C=O) groups excluding carboxylic acids is 2. The summed E-state index contributed by atoms with van der Waals surface area (Å²) in [5, 5.41) is 14.2. The minimum atomic E-state index is -0.469. The van der Waals surface area contributed by atoms with E-state index in [1.54, 1.807) is 16.7 Å². The molecule has 21 heavy (non-hydrogen) atoms. The summed E-state index contributed by atoms with van der Waals surface area (Å²) in [4.78, 5) is 33.7. The molecular weight excluding hydrogens is 274 g/mol. The number of rotatable bonds is 3. The lowest BCUT2D eigenvalue weighted by Gasteiger charge is -2.26. The summed E-state index contributed by atoms with van der Waals surface area (Å²) in [6, 6.07) is 5.95. The maximum atomic E-state index is 12.0. The fourth-order valence-electron chi connectivity index (χ4n) is 2.79. The van der Waals surface area contributed by atoms with Gasteiger partial charge in [-0.1, -0.05) is 0 Å². The van der Waals surface area contributed by atoms with Crippen LogP contribution >= 0.6 is 0 Å². The molecule has 0 fully saturated rings. The molecule has 1 atom stereocenters. The number of hydrogen-bond donors (Lipinski definition) is 1. The summed E-state index contributed by atoms with van der Waals surface area (Å²) in [7, 11) is 0. The zero-order valence-corrected chi connectivity index (χ0v) is 11.3. The van der Waals surface area contributed by atoms with Crippen LogP contribution in [0.25, 0.3) is 10.9 Å². The van der Waals surface area contributed by atoms with Crippen molar-refractivity contribution in [2.45, 2.75) is 19.4 Å². The topological polar surface area (TPSA) is 94.2 Å². The molecule has 1 aromatic heterocycles. The quantitative estimate of drug-likeness (QED) is 0.688. The maximum absolute atomic E-state index is 12.0. The van der Waals surface area contributed by atoms with Crippen molar-refractivity contribution in [3.63, 3.8) is 0 Å². The first-order chi connectivity index (χ1) is 9.97. The molecule has 0 saturated carbocycles. The Morgan fingerprint density at radius 3 is 2.90 bits per heavy atom. The highest BCUT2D eigenvalue weighted by molar-refractivity contribution is 6.00. The van der Waals surface area contributed by atoms with E-state index in [9.17, 15) is 19.7 Å². The van der Waals surface area contributed by atoms with E-state index in [2.05, 4.69) is 5.32 Å². The Hall–Kier alpha value is -2.70. The van der Waals surface area contributed by atoms with Crippen molar-refractivity contribution in [2.75, 3.05) is 6.54 Å². The standard InChI is InChI=1S/C14H13N3O4/c1-8(18)4-11-7-15-14(19)13-6-9-5-10(17(20)21)2-3-12(9)16(11)13/h2-3,5-6,11H,4,7H2,1H3,(H,15,19). The number of Topliss-reactive ketones (excluding diaryl/α,β-unsaturated/α-hetero) is 1. The normalized spacial score (nSPS) is 17.4. The average molecular weight is 287 g/mol. The van der Waals surface area contributed by atoms with Gasteiger partial charge in [0, 0.05) is 36.0 Å². The summed E-state index contributed by atoms with van der Waals surface area (Å²) >= 11 is 0. The third kappa shape index (κ3) is 2.16. The summed E-state index contributed by atoms with van der Waals surface area (Å²) in [6.07, 6.45) is 0.314. The Balaban J connectivity index is 2.19. The van der Waals surface area contributed by atoms with Crippen LogP contribution in [-0.4, -0.2) is 27.7 Å². The molecule has 1 aliphatic heterocycles. The van der Waals surface area contributed by atoms with E-state index < -0.39 is 4.92 Å². The number of amides is 1. The van der Waals surface area contributed by atoms with Gasteiger partial charge in [0.25, 0.3) is 11.6 Å². The molecule has 3 rings (SSSR count). The summed E-state index contributed by atoms with van der Waals surface area (Å²) in [6.45, 7) is 1.89. The van der Waals surface area contributed by atoms with Crippen LogP contribution in [0.5, 0.6) is 0 Å². The van der Waals surface area contributed by atoms with Crippen molar-refractivity contribution < 1.29 is 14.5 Å². The van der Waals surface area contributed by atoms with Crippen LogP contribution < -0.4 is 5.32 Å². The van der Waals surface area contributed by atoms with Gasteiger partial charge in [0.15, 0.2) is 0 Å². The SMILES string of the molecule is CC(=O)CC1CNC(=O)c2cc3cc([N+](=O)[O-])ccc3n21. The monoisotopic (exact) mass is 287 g/mol. The molecule has 7 heteroatoms. The summed E-state index contributed by atoms with van der Waals surface area (Å²) in [5.74, 6) is -0.195. The third-order valence-corrected chi connectivity index (χ3v) is 3.65. The van der Waals surface area contributed by atoms with Crippen LogP contribution in [0, 0.1) is 10.1 Å². The molecule has 1 unspecified atom stereocenters. The average Bonchev–Trinajstić information content (AvgIpc) is 2.81. The van der Waals surface area contributed by atoms with Gasteiger partial charge in [-0.05, 0) is 19.1 Å². The minimum absolute atomic E-state index is 0.0195. The van der Waals surface area contributed by atoms with Gasteiger partial charge in [-0.25, -0.2) is 0 Å². The number of benzene rings is 1. The number of hydrogen-bond acceptors (Lipinski definition) is 4. The van der Waals surface area contributed by atoms with E-state index in [0.717, 1.165) is 5.52 Å². The fraction of sp³-hybridized carbons (Fsp3) is 0.286. The second-order valence-electron chi connectivity index (χ2n) is 5.17. The van der Waals surface area contributed by atoms with Gasteiger partial charge in [-0.3, -0.25) is 19.7 Å². The van der Waals surface area contributed by atoms with Crippen molar-refractivity contribution in [1.82, 2.24) is 9.88 Å². The maximum Gasteiger partial charge on any atom is 0.270 e. The molecule has 2 heterocycles. The zero-order valence-electron chi connectivity index (χ0n) is 11.3. The Morgan fingerprint density at radius 2 is 2.24 bits per heavy atom. The molecule has 0 spiro atoms. The number of nitrogens with zero attached hydrogens (tertiary/aromatic N) is 2. The van der Waals surface area contributed by atoms with Crippen molar-refractivity contribution in [3.05, 3.63) is 40.1 Å². The highest BCUT2D eigenvalue weighted by Gasteiger charge is 2.28. The van der Waals surface area contributed by atoms with Crippen LogP contribution in [0.4, 0.5) is 5.69 Å². The van der Waals surface area contributed by atoms with Crippen molar-refractivity contribution in [1.29, 1.82) is 0 Å². The number of aromatic nitrogens is 1. The zero-order chi connectivity index (χ0) is 15.1. The molecule has 2 aromatic rings. The summed E-state index contributed by atoms with van der Waals surface area (Å²) in [5.41, 5.74) is 1.15. The van der Waals surface area contributed by atoms with Gasteiger partial charge in [0.2, 0.25) is 0 Å². The van der Waals surface area contributed by atoms with Gasteiger partial charge >= 0.3 is 0 Å². The highest BCUT2D eigenvalue weighted by Crippen LogP contribution is 2.30. The third-order valence-electron chi connectivity index (χ3n) is 3.65. The molecule has 1 N–H and O–H groups in total. The first-order valence-electron chi connectivity index (χ1n) is 6.54. The lowest BCUT2D eigenvalue weighted by molar-refractivity contribution is -0.384. The minimum Gasteiger partial charge on any atom is -0.349 e. The van der Waals surface area contributed by atoms with Gasteiger partial charge in [-0.2, -0.15) is 0 Å². The molecule has 108 valence electrons. The lowest BCUT2D eigenvalue weighted by Crippen LogP contribution is -2.39. The van der Waals surface area contributed by atoms with E-state index in [4.69, 9.17) is 0 Å². The predicted octanol–water partition coefficient (Wildman–Crippen LogP) is 1.81. The fourth-order valence-corrected chi connectivity index (χ4v) is 2.79. The number of ketones is 1. The van der Waals surface area contributed by atoms with Gasteiger partial charge in [0.05, 0.1) is 11.0 Å². The smallest absolute Gasteiger partial charge is 0.270 e. The molecule has 0 saturated heterocycles. The molecule has 1 amide bonds. The molecule has 0 aliphatic carbocycles. The Kier molecular flexibility index (Phi) is 2.97. The number of carbonyl (C=O) groups is 2. The van der Waals surface area contributed by atoms with E-state index in [1.807, 2.05) is 0 Å². The van der Waals surface area contributed by atoms with Crippen molar-refractivity contribution in [2.24, 2.45) is 0 Å². The Bertz CT molecular complexity index is 778. The molecule has 0 radical (unpaired) electrons. The van der Waals surface area contributed by atoms with Gasteiger partial charge in [-0.15, -0.1) is 0 Å². The largest absolute Gasteiger partial charge is 0.349 e. The van der Waals surface area contributed by atoms with Crippen LogP contribution in [0.15, 0.2) is 24.3 Å². The Labute approximate surface area is 119 Å². The first-order valence-corrected chi connectivity index (χ1v) is 6.54. The van der Waals surface area contributed by atoms with E-state index in [-0.39, 0.29) is 23.4 Å². The second kappa shape index (κ2) is 4.69. The van der Waals surface area contributed by atoms with E-state index in [1.165, 1.54) is 19.1 Å². The van der Waals surface area contributed by atoms with Crippen LogP contribution in [0.2, 0.25) is 0 Å². The summed E-state index contributed by atoms with van der Waals surface area (Å²) < 4.78 is 1.80. The number of nitro benzene ring substituents is 1. The van der Waals surface area contributed by atoms with Crippen LogP contribution in [0.3, 0.4) is 0 Å². The molecule has 7 nitrogen and oxygen atoms in total. The van der Waals surface area contributed by atoms with E-state index >= 15 is 0 Å². The Morgan fingerprint density at radius 1 is 1.48 bits per heavy atom. The second-order valence-corrected chi connectivity index (χ2v) is 5.17. The first kappa shape index (κ1) is 13.3. The van der Waals surface area contributed by atoms with Crippen molar-refractivity contribution >= 4 is 28.3 Å². The van der Waals surface area contributed by atoms with E-state index in [0.29, 0.717) is 24.0 Å².